The number of hydrogen-bond donors (Lipinski definition) is 0. The van der Waals surface area contributed by atoms with Crippen LogP contribution in [0.3, 0.4) is 0 Å². The molecule has 0 aromatic carbocycles. The van der Waals surface area contributed by atoms with Crippen LogP contribution in [0.1, 0.15) is 87.5 Å². The molecular weight excluding hydrogens is 350 g/mol. The lowest BCUT2D eigenvalue weighted by atomic mass is 9.87. The zero-order chi connectivity index (χ0) is 22.1. The Morgan fingerprint density at radius 3 is 1.64 bits per heavy atom. The van der Waals surface area contributed by atoms with E-state index in [-0.39, 0.29) is 11.5 Å². The Hall–Kier alpha value is -2.33. The predicted octanol–water partition coefficient (Wildman–Crippen LogP) is 6.14. The van der Waals surface area contributed by atoms with Gasteiger partial charge in [-0.3, -0.25) is 0 Å². The van der Waals surface area contributed by atoms with Crippen molar-refractivity contribution in [2.24, 2.45) is 26.4 Å². The fourth-order valence-corrected chi connectivity index (χ4v) is 2.47. The van der Waals surface area contributed by atoms with Crippen molar-refractivity contribution in [2.45, 2.75) is 110 Å². The minimum atomic E-state index is -0.947. The molecule has 0 aliphatic heterocycles. The molecule has 4 unspecified atom stereocenters. The second kappa shape index (κ2) is 10.3. The standard InChI is InChI=1S/C21H35N7/c1-9-19(6,14-22)26-27-20(7,15-23)12-10-11-17(2)13-21(8,16-24)28-25-18(3,4)5/h17H,9-13H2,1-8H3. The van der Waals surface area contributed by atoms with Gasteiger partial charge in [-0.1, -0.05) is 20.3 Å². The van der Waals surface area contributed by atoms with Crippen LogP contribution < -0.4 is 0 Å². The zero-order valence-corrected chi connectivity index (χ0v) is 18.7. The van der Waals surface area contributed by atoms with Gasteiger partial charge < -0.3 is 0 Å². The van der Waals surface area contributed by atoms with E-state index in [1.807, 2.05) is 27.7 Å². The minimum Gasteiger partial charge on any atom is -0.196 e. The first-order valence-corrected chi connectivity index (χ1v) is 9.88. The van der Waals surface area contributed by atoms with Gasteiger partial charge in [0, 0.05) is 0 Å². The summed E-state index contributed by atoms with van der Waals surface area (Å²) in [5, 5.41) is 45.1. The van der Waals surface area contributed by atoms with Crippen LogP contribution >= 0.6 is 0 Å². The summed E-state index contributed by atoms with van der Waals surface area (Å²) in [6, 6.07) is 6.62. The van der Waals surface area contributed by atoms with Crippen LogP contribution in [0.4, 0.5) is 0 Å². The van der Waals surface area contributed by atoms with E-state index in [0.717, 1.165) is 12.8 Å². The average molecular weight is 386 g/mol. The van der Waals surface area contributed by atoms with E-state index >= 15 is 0 Å². The molecule has 0 radical (unpaired) electrons. The fraction of sp³-hybridized carbons (Fsp3) is 0.857. The Morgan fingerprint density at radius 2 is 1.21 bits per heavy atom. The second-order valence-electron chi connectivity index (χ2n) is 9.28. The molecule has 7 heteroatoms. The molecule has 0 bridgehead atoms. The number of nitriles is 3. The summed E-state index contributed by atoms with van der Waals surface area (Å²) >= 11 is 0. The molecule has 7 nitrogen and oxygen atoms in total. The summed E-state index contributed by atoms with van der Waals surface area (Å²) in [6.45, 7) is 15.1. The van der Waals surface area contributed by atoms with E-state index < -0.39 is 16.6 Å². The molecule has 0 aromatic heterocycles. The van der Waals surface area contributed by atoms with Crippen LogP contribution in [-0.4, -0.2) is 22.2 Å². The normalized spacial score (nSPS) is 19.8. The van der Waals surface area contributed by atoms with Gasteiger partial charge in [-0.15, -0.1) is 0 Å². The van der Waals surface area contributed by atoms with Crippen molar-refractivity contribution < 1.29 is 0 Å². The summed E-state index contributed by atoms with van der Waals surface area (Å²) in [5.74, 6) is 0.253. The number of hydrogen-bond acceptors (Lipinski definition) is 7. The lowest BCUT2D eigenvalue weighted by molar-refractivity contribution is 0.354. The highest BCUT2D eigenvalue weighted by atomic mass is 15.2. The highest BCUT2D eigenvalue weighted by molar-refractivity contribution is 5.07. The van der Waals surface area contributed by atoms with Crippen LogP contribution in [0, 0.1) is 39.9 Å². The van der Waals surface area contributed by atoms with Crippen molar-refractivity contribution in [3.8, 4) is 18.2 Å². The van der Waals surface area contributed by atoms with Crippen LogP contribution in [0.25, 0.3) is 0 Å². The lowest BCUT2D eigenvalue weighted by Gasteiger charge is -2.23. The maximum absolute atomic E-state index is 9.52. The summed E-state index contributed by atoms with van der Waals surface area (Å²) in [6.07, 6.45) is 3.32. The third-order valence-corrected chi connectivity index (χ3v) is 4.58. The Bertz CT molecular complexity index is 686. The van der Waals surface area contributed by atoms with E-state index in [1.54, 1.807) is 20.8 Å². The highest BCUT2D eigenvalue weighted by Gasteiger charge is 2.29. The Labute approximate surface area is 170 Å². The van der Waals surface area contributed by atoms with E-state index in [2.05, 4.69) is 45.6 Å². The van der Waals surface area contributed by atoms with E-state index in [1.165, 1.54) is 0 Å². The van der Waals surface area contributed by atoms with Gasteiger partial charge in [0.05, 0.1) is 23.7 Å². The van der Waals surface area contributed by atoms with Crippen LogP contribution in [0.15, 0.2) is 20.5 Å². The van der Waals surface area contributed by atoms with Crippen molar-refractivity contribution in [1.29, 1.82) is 15.8 Å². The fourth-order valence-electron chi connectivity index (χ4n) is 2.47. The number of nitrogens with zero attached hydrogens (tertiary/aromatic N) is 7. The molecule has 0 heterocycles. The maximum Gasteiger partial charge on any atom is 0.164 e. The lowest BCUT2D eigenvalue weighted by Crippen LogP contribution is -2.25. The summed E-state index contributed by atoms with van der Waals surface area (Å²) in [4.78, 5) is 0. The first-order valence-electron chi connectivity index (χ1n) is 9.88. The number of azo groups is 2. The van der Waals surface area contributed by atoms with Crippen molar-refractivity contribution >= 4 is 0 Å². The molecule has 0 N–H and O–H groups in total. The molecule has 0 saturated carbocycles. The van der Waals surface area contributed by atoms with Gasteiger partial charge in [-0.25, -0.2) is 0 Å². The van der Waals surface area contributed by atoms with Gasteiger partial charge in [0.25, 0.3) is 0 Å². The van der Waals surface area contributed by atoms with Crippen LogP contribution in [0.5, 0.6) is 0 Å². The van der Waals surface area contributed by atoms with Crippen LogP contribution in [-0.2, 0) is 0 Å². The molecule has 154 valence electrons. The molecule has 0 aromatic rings. The smallest absolute Gasteiger partial charge is 0.164 e. The molecule has 0 aliphatic rings. The van der Waals surface area contributed by atoms with Gasteiger partial charge in [-0.2, -0.15) is 36.2 Å². The monoisotopic (exact) mass is 385 g/mol. The third kappa shape index (κ3) is 9.56. The molecule has 28 heavy (non-hydrogen) atoms. The summed E-state index contributed by atoms with van der Waals surface area (Å²) < 4.78 is 0. The SMILES string of the molecule is CCC(C)(C#N)N=NC(C)(C#N)CCCC(C)CC(C)(C#N)N=NC(C)(C)C. The van der Waals surface area contributed by atoms with E-state index in [0.29, 0.717) is 19.3 Å². The molecule has 4 atom stereocenters. The van der Waals surface area contributed by atoms with Gasteiger partial charge in [0.2, 0.25) is 0 Å². The van der Waals surface area contributed by atoms with Crippen molar-refractivity contribution in [2.75, 3.05) is 0 Å². The van der Waals surface area contributed by atoms with Crippen molar-refractivity contribution in [3.63, 3.8) is 0 Å². The van der Waals surface area contributed by atoms with Gasteiger partial charge in [0.1, 0.15) is 0 Å². The van der Waals surface area contributed by atoms with E-state index in [4.69, 9.17) is 0 Å². The first-order chi connectivity index (χ1) is 12.8. The van der Waals surface area contributed by atoms with Crippen molar-refractivity contribution in [1.82, 2.24) is 0 Å². The molecule has 0 rings (SSSR count). The molecule has 0 spiro atoms. The molecular formula is C21H35N7. The molecule has 0 aliphatic carbocycles. The molecule has 0 amide bonds. The molecule has 0 fully saturated rings. The van der Waals surface area contributed by atoms with Crippen molar-refractivity contribution in [3.05, 3.63) is 0 Å². The predicted molar refractivity (Wildman–Crippen MR) is 109 cm³/mol. The third-order valence-electron chi connectivity index (χ3n) is 4.58. The molecule has 0 saturated heterocycles. The zero-order valence-electron chi connectivity index (χ0n) is 18.7. The Morgan fingerprint density at radius 1 is 0.750 bits per heavy atom. The topological polar surface area (TPSA) is 121 Å². The summed E-state index contributed by atoms with van der Waals surface area (Å²) in [5.41, 5.74) is -2.99. The maximum atomic E-state index is 9.52. The van der Waals surface area contributed by atoms with E-state index in [9.17, 15) is 15.8 Å². The van der Waals surface area contributed by atoms with Gasteiger partial charge in [-0.05, 0) is 73.1 Å². The van der Waals surface area contributed by atoms with Gasteiger partial charge in [0.15, 0.2) is 16.6 Å². The number of rotatable bonds is 10. The second-order valence-corrected chi connectivity index (χ2v) is 9.28. The minimum absolute atomic E-state index is 0.253. The summed E-state index contributed by atoms with van der Waals surface area (Å²) in [7, 11) is 0. The van der Waals surface area contributed by atoms with Crippen LogP contribution in [0.2, 0.25) is 0 Å². The largest absolute Gasteiger partial charge is 0.196 e. The first kappa shape index (κ1) is 25.7. The Balaban J connectivity index is 4.86. The van der Waals surface area contributed by atoms with Gasteiger partial charge >= 0.3 is 0 Å². The highest BCUT2D eigenvalue weighted by Crippen LogP contribution is 2.28. The Kier molecular flexibility index (Phi) is 9.42. The average Bonchev–Trinajstić information content (AvgIpc) is 2.64. The quantitative estimate of drug-likeness (QED) is 0.419.